The van der Waals surface area contributed by atoms with Gasteiger partial charge in [-0.1, -0.05) is 38.1 Å². The molecule has 0 spiro atoms. The minimum Gasteiger partial charge on any atom is -0.352 e. The first-order valence-electron chi connectivity index (χ1n) is 9.64. The second-order valence-corrected chi connectivity index (χ2v) is 7.02. The molecule has 0 saturated carbocycles. The number of benzene rings is 2. The fourth-order valence-electron chi connectivity index (χ4n) is 3.10. The zero-order chi connectivity index (χ0) is 20.6. The third kappa shape index (κ3) is 6.76. The number of anilines is 2. The van der Waals surface area contributed by atoms with Gasteiger partial charge in [0.25, 0.3) is 0 Å². The summed E-state index contributed by atoms with van der Waals surface area (Å²) in [7, 11) is 0. The first-order valence-corrected chi connectivity index (χ1v) is 9.64. The minimum absolute atomic E-state index is 0. The van der Waals surface area contributed by atoms with Crippen LogP contribution in [0.3, 0.4) is 0 Å². The summed E-state index contributed by atoms with van der Waals surface area (Å²) in [6, 6.07) is 14.7. The van der Waals surface area contributed by atoms with Crippen LogP contribution >= 0.6 is 12.4 Å². The van der Waals surface area contributed by atoms with E-state index in [0.29, 0.717) is 31.6 Å². The normalized spacial score (nSPS) is 10.6. The van der Waals surface area contributed by atoms with Crippen molar-refractivity contribution in [3.05, 3.63) is 59.7 Å². The average Bonchev–Trinajstić information content (AvgIpc) is 2.68. The lowest BCUT2D eigenvalue weighted by Crippen LogP contribution is -2.45. The molecule has 2 rings (SSSR count). The van der Waals surface area contributed by atoms with Crippen LogP contribution in [0.15, 0.2) is 48.5 Å². The van der Waals surface area contributed by atoms with Crippen molar-refractivity contribution in [3.63, 3.8) is 0 Å². The third-order valence-electron chi connectivity index (χ3n) is 5.14. The molecule has 0 atom stereocenters. The van der Waals surface area contributed by atoms with Crippen molar-refractivity contribution in [2.45, 2.75) is 40.2 Å². The van der Waals surface area contributed by atoms with Crippen LogP contribution in [-0.2, 0) is 11.3 Å². The number of carbonyl (C=O) groups excluding carboxylic acids is 2. The molecule has 158 valence electrons. The Bertz CT molecular complexity index is 814. The van der Waals surface area contributed by atoms with Gasteiger partial charge in [0, 0.05) is 24.5 Å². The van der Waals surface area contributed by atoms with Crippen LogP contribution in [0.4, 0.5) is 16.2 Å². The Kier molecular flexibility index (Phi) is 9.65. The Balaban J connectivity index is 0.00000420. The summed E-state index contributed by atoms with van der Waals surface area (Å²) in [5.74, 6) is -0.0319. The molecule has 0 aromatic heterocycles. The number of urea groups is 1. The predicted octanol–water partition coefficient (Wildman–Crippen LogP) is 4.44. The lowest BCUT2D eigenvalue weighted by Gasteiger charge is -2.28. The van der Waals surface area contributed by atoms with Gasteiger partial charge in [-0.25, -0.2) is 4.79 Å². The van der Waals surface area contributed by atoms with Gasteiger partial charge in [-0.05, 0) is 55.2 Å². The van der Waals surface area contributed by atoms with Crippen molar-refractivity contribution in [1.82, 2.24) is 5.32 Å². The molecule has 29 heavy (non-hydrogen) atoms. The first-order chi connectivity index (χ1) is 13.4. The highest BCUT2D eigenvalue weighted by Gasteiger charge is 2.32. The van der Waals surface area contributed by atoms with Gasteiger partial charge in [-0.15, -0.1) is 12.4 Å². The maximum atomic E-state index is 12.6. The highest BCUT2D eigenvalue weighted by Crippen LogP contribution is 2.25. The van der Waals surface area contributed by atoms with E-state index in [1.54, 1.807) is 0 Å². The number of aryl methyl sites for hydroxylation is 1. The molecule has 5 N–H and O–H groups in total. The van der Waals surface area contributed by atoms with E-state index < -0.39 is 5.41 Å². The molecular formula is C22H31ClN4O2. The van der Waals surface area contributed by atoms with Crippen LogP contribution in [0.5, 0.6) is 0 Å². The molecule has 3 amide bonds. The van der Waals surface area contributed by atoms with E-state index in [-0.39, 0.29) is 24.3 Å². The van der Waals surface area contributed by atoms with Crippen molar-refractivity contribution in [2.75, 3.05) is 17.2 Å². The second kappa shape index (κ2) is 11.4. The Hall–Kier alpha value is -2.57. The lowest BCUT2D eigenvalue weighted by atomic mass is 9.81. The van der Waals surface area contributed by atoms with Gasteiger partial charge >= 0.3 is 6.03 Å². The van der Waals surface area contributed by atoms with Crippen LogP contribution in [0.25, 0.3) is 0 Å². The van der Waals surface area contributed by atoms with Gasteiger partial charge in [0.1, 0.15) is 0 Å². The molecule has 0 aliphatic heterocycles. The van der Waals surface area contributed by atoms with E-state index in [4.69, 9.17) is 5.73 Å². The van der Waals surface area contributed by atoms with Crippen LogP contribution in [0.1, 0.15) is 37.8 Å². The lowest BCUT2D eigenvalue weighted by molar-refractivity contribution is -0.131. The van der Waals surface area contributed by atoms with E-state index >= 15 is 0 Å². The zero-order valence-electron chi connectivity index (χ0n) is 17.2. The first kappa shape index (κ1) is 24.5. The molecule has 0 fully saturated rings. The summed E-state index contributed by atoms with van der Waals surface area (Å²) in [6.07, 6.45) is 1.40. The molecule has 0 radical (unpaired) electrons. The largest absolute Gasteiger partial charge is 0.352 e. The van der Waals surface area contributed by atoms with E-state index in [9.17, 15) is 9.59 Å². The van der Waals surface area contributed by atoms with E-state index in [1.807, 2.05) is 69.3 Å². The molecular weight excluding hydrogens is 388 g/mol. The summed E-state index contributed by atoms with van der Waals surface area (Å²) in [6.45, 7) is 6.64. The summed E-state index contributed by atoms with van der Waals surface area (Å²) < 4.78 is 0. The van der Waals surface area contributed by atoms with E-state index in [0.717, 1.165) is 16.8 Å². The molecule has 2 aromatic carbocycles. The maximum Gasteiger partial charge on any atom is 0.323 e. The fourth-order valence-corrected chi connectivity index (χ4v) is 3.10. The SMILES string of the molecule is CCC(CC)(CN)C(=O)NCc1cccc(NC(=O)Nc2cccc(C)c2)c1.Cl. The van der Waals surface area contributed by atoms with Gasteiger partial charge in [0.05, 0.1) is 5.41 Å². The second-order valence-electron chi connectivity index (χ2n) is 7.02. The number of carbonyl (C=O) groups is 2. The van der Waals surface area contributed by atoms with Gasteiger partial charge in [0.15, 0.2) is 0 Å². The van der Waals surface area contributed by atoms with Crippen molar-refractivity contribution < 1.29 is 9.59 Å². The Morgan fingerprint density at radius 2 is 1.55 bits per heavy atom. The molecule has 0 saturated heterocycles. The van der Waals surface area contributed by atoms with Gasteiger partial charge in [-0.3, -0.25) is 4.79 Å². The molecule has 0 unspecified atom stereocenters. The molecule has 0 heterocycles. The highest BCUT2D eigenvalue weighted by molar-refractivity contribution is 5.99. The quantitative estimate of drug-likeness (QED) is 0.510. The van der Waals surface area contributed by atoms with Crippen LogP contribution in [0.2, 0.25) is 0 Å². The van der Waals surface area contributed by atoms with Crippen molar-refractivity contribution in [2.24, 2.45) is 11.1 Å². The van der Waals surface area contributed by atoms with Crippen molar-refractivity contribution >= 4 is 35.7 Å². The summed E-state index contributed by atoms with van der Waals surface area (Å²) >= 11 is 0. The summed E-state index contributed by atoms with van der Waals surface area (Å²) in [5, 5.41) is 8.60. The molecule has 2 aromatic rings. The summed E-state index contributed by atoms with van der Waals surface area (Å²) in [5.41, 5.74) is 8.68. The molecule has 6 nitrogen and oxygen atoms in total. The smallest absolute Gasteiger partial charge is 0.323 e. The van der Waals surface area contributed by atoms with Crippen LogP contribution in [-0.4, -0.2) is 18.5 Å². The van der Waals surface area contributed by atoms with Gasteiger partial charge < -0.3 is 21.7 Å². The number of hydrogen-bond donors (Lipinski definition) is 4. The van der Waals surface area contributed by atoms with Gasteiger partial charge in [-0.2, -0.15) is 0 Å². The molecule has 7 heteroatoms. The monoisotopic (exact) mass is 418 g/mol. The number of rotatable bonds is 8. The Morgan fingerprint density at radius 1 is 0.966 bits per heavy atom. The van der Waals surface area contributed by atoms with Crippen LogP contribution in [0, 0.1) is 12.3 Å². The van der Waals surface area contributed by atoms with Crippen molar-refractivity contribution in [1.29, 1.82) is 0 Å². The molecule has 0 bridgehead atoms. The number of nitrogens with one attached hydrogen (secondary N) is 3. The molecule has 0 aliphatic carbocycles. The number of nitrogens with two attached hydrogens (primary N) is 1. The minimum atomic E-state index is -0.524. The van der Waals surface area contributed by atoms with Gasteiger partial charge in [0.2, 0.25) is 5.91 Å². The third-order valence-corrected chi connectivity index (χ3v) is 5.14. The highest BCUT2D eigenvalue weighted by atomic mass is 35.5. The predicted molar refractivity (Wildman–Crippen MR) is 121 cm³/mol. The van der Waals surface area contributed by atoms with E-state index in [1.165, 1.54) is 0 Å². The van der Waals surface area contributed by atoms with Crippen molar-refractivity contribution in [3.8, 4) is 0 Å². The number of amides is 3. The fraction of sp³-hybridized carbons (Fsp3) is 0.364. The van der Waals surface area contributed by atoms with Crippen LogP contribution < -0.4 is 21.7 Å². The number of halogens is 1. The average molecular weight is 419 g/mol. The Labute approximate surface area is 179 Å². The standard InChI is InChI=1S/C22H30N4O2.ClH/c1-4-22(5-2,15-23)20(27)24-14-17-9-7-11-19(13-17)26-21(28)25-18-10-6-8-16(3)12-18;/h6-13H,4-5,14-15,23H2,1-3H3,(H,24,27)(H2,25,26,28);1H. The van der Waals surface area contributed by atoms with E-state index in [2.05, 4.69) is 16.0 Å². The topological polar surface area (TPSA) is 96.2 Å². The zero-order valence-corrected chi connectivity index (χ0v) is 18.1. The summed E-state index contributed by atoms with van der Waals surface area (Å²) in [4.78, 5) is 24.8. The Morgan fingerprint density at radius 3 is 2.10 bits per heavy atom. The molecule has 0 aliphatic rings. The maximum absolute atomic E-state index is 12.6. The number of hydrogen-bond acceptors (Lipinski definition) is 3.